The van der Waals surface area contributed by atoms with Gasteiger partial charge >= 0.3 is 0 Å². The van der Waals surface area contributed by atoms with Crippen molar-refractivity contribution in [2.75, 3.05) is 0 Å². The van der Waals surface area contributed by atoms with Gasteiger partial charge in [-0.1, -0.05) is 51.9 Å². The normalized spacial score (nSPS) is 10.9. The second kappa shape index (κ2) is 8.57. The van der Waals surface area contributed by atoms with E-state index in [9.17, 15) is 0 Å². The molecule has 0 atom stereocenters. The maximum atomic E-state index is 5.83. The molecule has 0 aromatic carbocycles. The Morgan fingerprint density at radius 3 is 2.25 bits per heavy atom. The van der Waals surface area contributed by atoms with E-state index in [0.717, 1.165) is 6.54 Å². The average Bonchev–Trinajstić information content (AvgIpc) is 2.68. The topological polar surface area (TPSA) is 30.7 Å². The molecule has 0 aliphatic rings. The fourth-order valence-electron chi connectivity index (χ4n) is 1.81. The van der Waals surface area contributed by atoms with E-state index in [1.807, 2.05) is 4.57 Å². The van der Waals surface area contributed by atoms with Gasteiger partial charge in [0, 0.05) is 6.54 Å². The number of nitrogens with zero attached hydrogens (tertiary/aromatic N) is 3. The number of halogens is 1. The van der Waals surface area contributed by atoms with Crippen molar-refractivity contribution in [3.8, 4) is 0 Å². The van der Waals surface area contributed by atoms with Crippen molar-refractivity contribution < 1.29 is 0 Å². The SMILES string of the molecule is CCCCCCCCCCn1cnnc1Cl. The number of aromatic nitrogens is 3. The summed E-state index contributed by atoms with van der Waals surface area (Å²) in [6.07, 6.45) is 12.4. The first-order chi connectivity index (χ1) is 7.84. The average molecular weight is 244 g/mol. The zero-order valence-electron chi connectivity index (χ0n) is 10.2. The number of hydrogen-bond acceptors (Lipinski definition) is 2. The van der Waals surface area contributed by atoms with Crippen molar-refractivity contribution in [3.63, 3.8) is 0 Å². The van der Waals surface area contributed by atoms with E-state index < -0.39 is 0 Å². The van der Waals surface area contributed by atoms with Gasteiger partial charge < -0.3 is 4.57 Å². The standard InChI is InChI=1S/C12H22ClN3/c1-2-3-4-5-6-7-8-9-10-16-11-14-15-12(16)13/h11H,2-10H2,1H3. The van der Waals surface area contributed by atoms with Crippen LogP contribution < -0.4 is 0 Å². The molecule has 4 heteroatoms. The summed E-state index contributed by atoms with van der Waals surface area (Å²) in [5.41, 5.74) is 0. The highest BCUT2D eigenvalue weighted by atomic mass is 35.5. The van der Waals surface area contributed by atoms with Crippen LogP contribution in [-0.4, -0.2) is 14.8 Å². The van der Waals surface area contributed by atoms with Crippen molar-refractivity contribution in [3.05, 3.63) is 11.6 Å². The molecule has 0 saturated carbocycles. The molecule has 1 aromatic heterocycles. The first-order valence-electron chi connectivity index (χ1n) is 6.38. The van der Waals surface area contributed by atoms with Crippen molar-refractivity contribution in [1.82, 2.24) is 14.8 Å². The number of rotatable bonds is 9. The Kier molecular flexibility index (Phi) is 7.23. The summed E-state index contributed by atoms with van der Waals surface area (Å²) in [4.78, 5) is 0. The maximum Gasteiger partial charge on any atom is 0.224 e. The molecule has 0 bridgehead atoms. The lowest BCUT2D eigenvalue weighted by molar-refractivity contribution is 0.543. The fraction of sp³-hybridized carbons (Fsp3) is 0.833. The highest BCUT2D eigenvalue weighted by molar-refractivity contribution is 6.28. The molecule has 16 heavy (non-hydrogen) atoms. The lowest BCUT2D eigenvalue weighted by Crippen LogP contribution is -1.96. The summed E-state index contributed by atoms with van der Waals surface area (Å²) >= 11 is 5.83. The molecule has 3 nitrogen and oxygen atoms in total. The Hall–Kier alpha value is -0.570. The number of unbranched alkanes of at least 4 members (excludes halogenated alkanes) is 7. The molecule has 0 amide bonds. The monoisotopic (exact) mass is 243 g/mol. The summed E-state index contributed by atoms with van der Waals surface area (Å²) in [5, 5.41) is 8.00. The second-order valence-electron chi connectivity index (χ2n) is 4.27. The van der Waals surface area contributed by atoms with E-state index in [1.54, 1.807) is 6.33 Å². The van der Waals surface area contributed by atoms with Gasteiger partial charge in [-0.3, -0.25) is 0 Å². The van der Waals surface area contributed by atoms with Crippen LogP contribution in [0.2, 0.25) is 5.28 Å². The van der Waals surface area contributed by atoms with Crippen molar-refractivity contribution in [2.24, 2.45) is 0 Å². The Morgan fingerprint density at radius 1 is 1.06 bits per heavy atom. The van der Waals surface area contributed by atoms with E-state index in [4.69, 9.17) is 11.6 Å². The molecule has 0 unspecified atom stereocenters. The Bertz CT molecular complexity index is 273. The minimum atomic E-state index is 0.503. The second-order valence-corrected chi connectivity index (χ2v) is 4.61. The number of hydrogen-bond donors (Lipinski definition) is 0. The highest BCUT2D eigenvalue weighted by Gasteiger charge is 1.99. The van der Waals surface area contributed by atoms with Gasteiger partial charge in [0.05, 0.1) is 0 Å². The third kappa shape index (κ3) is 5.50. The van der Waals surface area contributed by atoms with E-state index in [1.165, 1.54) is 51.4 Å². The molecule has 1 aromatic rings. The van der Waals surface area contributed by atoms with Crippen LogP contribution in [0.25, 0.3) is 0 Å². The molecule has 0 radical (unpaired) electrons. The first-order valence-corrected chi connectivity index (χ1v) is 6.75. The smallest absolute Gasteiger partial charge is 0.224 e. The van der Waals surface area contributed by atoms with Gasteiger partial charge in [0.25, 0.3) is 0 Å². The summed E-state index contributed by atoms with van der Waals surface area (Å²) in [6.45, 7) is 3.20. The third-order valence-corrected chi connectivity index (χ3v) is 3.11. The van der Waals surface area contributed by atoms with Crippen LogP contribution in [0.4, 0.5) is 0 Å². The fourth-order valence-corrected chi connectivity index (χ4v) is 1.98. The quantitative estimate of drug-likeness (QED) is 0.612. The molecule has 0 fully saturated rings. The summed E-state index contributed by atoms with van der Waals surface area (Å²) in [6, 6.07) is 0. The number of aryl methyl sites for hydroxylation is 1. The predicted octanol–water partition coefficient (Wildman–Crippen LogP) is 4.07. The molecular weight excluding hydrogens is 222 g/mol. The van der Waals surface area contributed by atoms with Crippen LogP contribution in [-0.2, 0) is 6.54 Å². The molecule has 0 aliphatic heterocycles. The van der Waals surface area contributed by atoms with Crippen LogP contribution >= 0.6 is 11.6 Å². The zero-order chi connectivity index (χ0) is 11.6. The van der Waals surface area contributed by atoms with Crippen LogP contribution in [0.3, 0.4) is 0 Å². The van der Waals surface area contributed by atoms with E-state index in [2.05, 4.69) is 17.1 Å². The molecule has 92 valence electrons. The lowest BCUT2D eigenvalue weighted by atomic mass is 10.1. The van der Waals surface area contributed by atoms with Crippen LogP contribution in [0.1, 0.15) is 58.3 Å². The Balaban J connectivity index is 1.91. The van der Waals surface area contributed by atoms with E-state index in [0.29, 0.717) is 5.28 Å². The molecule has 1 heterocycles. The van der Waals surface area contributed by atoms with Crippen LogP contribution in [0.15, 0.2) is 6.33 Å². The Morgan fingerprint density at radius 2 is 1.69 bits per heavy atom. The van der Waals surface area contributed by atoms with Crippen molar-refractivity contribution in [2.45, 2.75) is 64.8 Å². The van der Waals surface area contributed by atoms with Gasteiger partial charge in [-0.05, 0) is 18.0 Å². The first kappa shape index (κ1) is 13.5. The summed E-state index contributed by atoms with van der Waals surface area (Å²) < 4.78 is 1.90. The summed E-state index contributed by atoms with van der Waals surface area (Å²) in [5.74, 6) is 0. The van der Waals surface area contributed by atoms with Gasteiger partial charge in [-0.2, -0.15) is 0 Å². The molecular formula is C12H22ClN3. The van der Waals surface area contributed by atoms with Crippen LogP contribution in [0.5, 0.6) is 0 Å². The van der Waals surface area contributed by atoms with Crippen molar-refractivity contribution in [1.29, 1.82) is 0 Å². The van der Waals surface area contributed by atoms with Crippen LogP contribution in [0, 0.1) is 0 Å². The third-order valence-electron chi connectivity index (χ3n) is 2.82. The van der Waals surface area contributed by atoms with Gasteiger partial charge in [-0.25, -0.2) is 0 Å². The lowest BCUT2D eigenvalue weighted by Gasteiger charge is -2.03. The minimum Gasteiger partial charge on any atom is -0.304 e. The molecule has 0 saturated heterocycles. The maximum absolute atomic E-state index is 5.83. The van der Waals surface area contributed by atoms with E-state index >= 15 is 0 Å². The van der Waals surface area contributed by atoms with Gasteiger partial charge in [0.1, 0.15) is 6.33 Å². The molecule has 0 aliphatic carbocycles. The van der Waals surface area contributed by atoms with Gasteiger partial charge in [-0.15, -0.1) is 10.2 Å². The van der Waals surface area contributed by atoms with Gasteiger partial charge in [0.15, 0.2) is 0 Å². The van der Waals surface area contributed by atoms with Gasteiger partial charge in [0.2, 0.25) is 5.28 Å². The molecule has 0 spiro atoms. The minimum absolute atomic E-state index is 0.503. The molecule has 1 rings (SSSR count). The Labute approximate surface area is 103 Å². The molecule has 0 N–H and O–H groups in total. The van der Waals surface area contributed by atoms with E-state index in [-0.39, 0.29) is 0 Å². The predicted molar refractivity (Wildman–Crippen MR) is 67.6 cm³/mol. The summed E-state index contributed by atoms with van der Waals surface area (Å²) in [7, 11) is 0. The van der Waals surface area contributed by atoms with Crippen molar-refractivity contribution >= 4 is 11.6 Å². The largest absolute Gasteiger partial charge is 0.304 e. The zero-order valence-corrected chi connectivity index (χ0v) is 10.9. The highest BCUT2D eigenvalue weighted by Crippen LogP contribution is 2.10.